The quantitative estimate of drug-likeness (QED) is 0.515. The molecule has 1 amide bonds. The molecule has 2 aromatic carbocycles. The third-order valence-corrected chi connectivity index (χ3v) is 5.36. The van der Waals surface area contributed by atoms with Crippen LogP contribution in [0.3, 0.4) is 0 Å². The van der Waals surface area contributed by atoms with E-state index in [0.29, 0.717) is 25.1 Å². The predicted molar refractivity (Wildman–Crippen MR) is 110 cm³/mol. The van der Waals surface area contributed by atoms with Gasteiger partial charge in [0, 0.05) is 30.6 Å². The lowest BCUT2D eigenvalue weighted by atomic mass is 10.1. The molecule has 0 atom stereocenters. The minimum Gasteiger partial charge on any atom is -0.445 e. The average molecular weight is 399 g/mol. The summed E-state index contributed by atoms with van der Waals surface area (Å²) >= 11 is 0. The van der Waals surface area contributed by atoms with Crippen molar-refractivity contribution >= 4 is 5.91 Å². The summed E-state index contributed by atoms with van der Waals surface area (Å²) in [5, 5.41) is 7.61. The van der Waals surface area contributed by atoms with Gasteiger partial charge in [0.05, 0.1) is 6.54 Å². The molecule has 3 heterocycles. The lowest BCUT2D eigenvalue weighted by Gasteiger charge is -2.25. The maximum atomic E-state index is 13.0. The molecule has 4 aromatic rings. The number of hydrogen-bond donors (Lipinski definition) is 0. The molecule has 1 aliphatic heterocycles. The highest BCUT2D eigenvalue weighted by Gasteiger charge is 2.26. The van der Waals surface area contributed by atoms with Gasteiger partial charge in [-0.1, -0.05) is 30.3 Å². The highest BCUT2D eigenvalue weighted by atomic mass is 16.4. The van der Waals surface area contributed by atoms with Gasteiger partial charge in [0.2, 0.25) is 0 Å². The molecule has 5 rings (SSSR count). The van der Waals surface area contributed by atoms with E-state index in [9.17, 15) is 4.79 Å². The van der Waals surface area contributed by atoms with Gasteiger partial charge in [0.15, 0.2) is 5.89 Å². The molecule has 0 unspecified atom stereocenters. The zero-order chi connectivity index (χ0) is 20.3. The van der Waals surface area contributed by atoms with E-state index < -0.39 is 0 Å². The van der Waals surface area contributed by atoms with E-state index in [-0.39, 0.29) is 5.91 Å². The number of aryl methyl sites for hydroxylation is 2. The number of nitrogens with zero attached hydrogens (tertiary/aromatic N) is 5. The van der Waals surface area contributed by atoms with Crippen LogP contribution in [-0.2, 0) is 25.8 Å². The molecular weight excluding hydrogens is 378 g/mol. The van der Waals surface area contributed by atoms with Gasteiger partial charge in [-0.2, -0.15) is 0 Å². The molecule has 7 heteroatoms. The number of hydrogen-bond acceptors (Lipinski definition) is 5. The van der Waals surface area contributed by atoms with Crippen LogP contribution in [-0.4, -0.2) is 37.1 Å². The minimum atomic E-state index is 0.00444. The molecule has 7 nitrogen and oxygen atoms in total. The van der Waals surface area contributed by atoms with Crippen LogP contribution in [0.25, 0.3) is 5.69 Å². The second kappa shape index (κ2) is 7.94. The van der Waals surface area contributed by atoms with Crippen LogP contribution in [0.5, 0.6) is 0 Å². The van der Waals surface area contributed by atoms with E-state index in [4.69, 9.17) is 4.42 Å². The summed E-state index contributed by atoms with van der Waals surface area (Å²) in [5.41, 5.74) is 3.71. The Morgan fingerprint density at radius 1 is 0.967 bits per heavy atom. The van der Waals surface area contributed by atoms with E-state index >= 15 is 0 Å². The van der Waals surface area contributed by atoms with Gasteiger partial charge < -0.3 is 9.32 Å². The molecule has 0 radical (unpaired) electrons. The van der Waals surface area contributed by atoms with Crippen LogP contribution >= 0.6 is 0 Å². The summed E-state index contributed by atoms with van der Waals surface area (Å²) in [6.07, 6.45) is 5.60. The molecule has 0 N–H and O–H groups in total. The van der Waals surface area contributed by atoms with Crippen LogP contribution in [0, 0.1) is 0 Å². The van der Waals surface area contributed by atoms with Crippen molar-refractivity contribution < 1.29 is 9.21 Å². The largest absolute Gasteiger partial charge is 0.445 e. The molecular formula is C23H21N5O2. The summed E-state index contributed by atoms with van der Waals surface area (Å²) in [4.78, 5) is 19.5. The van der Waals surface area contributed by atoms with Gasteiger partial charge in [-0.15, -0.1) is 10.2 Å². The molecule has 0 bridgehead atoms. The number of rotatable bonds is 5. The van der Waals surface area contributed by atoms with Gasteiger partial charge in [0.25, 0.3) is 5.91 Å². The monoisotopic (exact) mass is 399 g/mol. The molecule has 0 fully saturated rings. The summed E-state index contributed by atoms with van der Waals surface area (Å²) in [6.45, 7) is 1.11. The second-order valence-corrected chi connectivity index (χ2v) is 7.36. The molecule has 1 aliphatic rings. The second-order valence-electron chi connectivity index (χ2n) is 7.36. The van der Waals surface area contributed by atoms with Crippen molar-refractivity contribution in [3.63, 3.8) is 0 Å². The standard InChI is InChI=1S/C23H21N5O2/c29-23(18-7-9-19(10-8-18)28-15-24-25-16-28)27-13-12-21-20(14-27)26-22(30-21)11-6-17-4-2-1-3-5-17/h1-5,7-10,15-16H,6,11-14H2. The van der Waals surface area contributed by atoms with E-state index in [1.165, 1.54) is 5.56 Å². The molecule has 0 saturated heterocycles. The molecule has 0 spiro atoms. The smallest absolute Gasteiger partial charge is 0.254 e. The first-order valence-corrected chi connectivity index (χ1v) is 10.0. The van der Waals surface area contributed by atoms with Gasteiger partial charge in [0.1, 0.15) is 24.1 Å². The van der Waals surface area contributed by atoms with E-state index in [0.717, 1.165) is 35.9 Å². The number of fused-ring (bicyclic) bond motifs is 1. The topological polar surface area (TPSA) is 77.0 Å². The van der Waals surface area contributed by atoms with E-state index in [2.05, 4.69) is 27.3 Å². The van der Waals surface area contributed by atoms with Crippen LogP contribution in [0.2, 0.25) is 0 Å². The first-order chi connectivity index (χ1) is 14.8. The van der Waals surface area contributed by atoms with E-state index in [1.54, 1.807) is 17.2 Å². The molecule has 2 aromatic heterocycles. The normalized spacial score (nSPS) is 13.3. The molecule has 150 valence electrons. The van der Waals surface area contributed by atoms with E-state index in [1.807, 2.05) is 47.4 Å². The highest BCUT2D eigenvalue weighted by Crippen LogP contribution is 2.22. The van der Waals surface area contributed by atoms with Crippen molar-refractivity contribution in [3.8, 4) is 5.69 Å². The average Bonchev–Trinajstić information content (AvgIpc) is 3.47. The number of benzene rings is 2. The number of carbonyl (C=O) groups is 1. The highest BCUT2D eigenvalue weighted by molar-refractivity contribution is 5.94. The van der Waals surface area contributed by atoms with Gasteiger partial charge in [-0.05, 0) is 36.2 Å². The molecule has 0 saturated carbocycles. The third kappa shape index (κ3) is 3.74. The first kappa shape index (κ1) is 18.3. The number of oxazole rings is 1. The van der Waals surface area contributed by atoms with Crippen molar-refractivity contribution in [2.75, 3.05) is 6.54 Å². The first-order valence-electron chi connectivity index (χ1n) is 10.0. The number of carbonyl (C=O) groups excluding carboxylic acids is 1. The fraction of sp³-hybridized carbons (Fsp3) is 0.217. The van der Waals surface area contributed by atoms with Crippen molar-refractivity contribution in [2.24, 2.45) is 0 Å². The molecule has 0 aliphatic carbocycles. The summed E-state index contributed by atoms with van der Waals surface area (Å²) in [6, 6.07) is 17.8. The van der Waals surface area contributed by atoms with Gasteiger partial charge in [-0.25, -0.2) is 4.98 Å². The SMILES string of the molecule is O=C(c1ccc(-n2cnnc2)cc1)N1CCc2oc(CCc3ccccc3)nc2C1. The minimum absolute atomic E-state index is 0.00444. The van der Waals surface area contributed by atoms with Crippen molar-refractivity contribution in [1.29, 1.82) is 0 Å². The predicted octanol–water partition coefficient (Wildman–Crippen LogP) is 3.24. The fourth-order valence-corrected chi connectivity index (χ4v) is 3.72. The van der Waals surface area contributed by atoms with Crippen LogP contribution in [0.15, 0.2) is 71.7 Å². The van der Waals surface area contributed by atoms with Crippen molar-refractivity contribution in [3.05, 3.63) is 95.7 Å². The zero-order valence-electron chi connectivity index (χ0n) is 16.4. The Balaban J connectivity index is 1.25. The van der Waals surface area contributed by atoms with Crippen LogP contribution in [0.4, 0.5) is 0 Å². The van der Waals surface area contributed by atoms with Crippen molar-refractivity contribution in [1.82, 2.24) is 24.6 Å². The number of aromatic nitrogens is 4. The summed E-state index contributed by atoms with van der Waals surface area (Å²) < 4.78 is 7.75. The zero-order valence-corrected chi connectivity index (χ0v) is 16.4. The maximum absolute atomic E-state index is 13.0. The Morgan fingerprint density at radius 3 is 2.50 bits per heavy atom. The Morgan fingerprint density at radius 2 is 1.73 bits per heavy atom. The van der Waals surface area contributed by atoms with Gasteiger partial charge >= 0.3 is 0 Å². The Hall–Kier alpha value is -3.74. The summed E-state index contributed by atoms with van der Waals surface area (Å²) in [5.74, 6) is 1.66. The lowest BCUT2D eigenvalue weighted by molar-refractivity contribution is 0.0728. The third-order valence-electron chi connectivity index (χ3n) is 5.36. The lowest BCUT2D eigenvalue weighted by Crippen LogP contribution is -2.35. The van der Waals surface area contributed by atoms with Crippen molar-refractivity contribution in [2.45, 2.75) is 25.8 Å². The Bertz CT molecular complexity index is 1130. The Kier molecular flexibility index (Phi) is 4.85. The Labute approximate surface area is 174 Å². The molecule has 30 heavy (non-hydrogen) atoms. The number of amides is 1. The van der Waals surface area contributed by atoms with Crippen LogP contribution in [0.1, 0.15) is 33.3 Å². The fourth-order valence-electron chi connectivity index (χ4n) is 3.72. The van der Waals surface area contributed by atoms with Crippen LogP contribution < -0.4 is 0 Å². The summed E-state index contributed by atoms with van der Waals surface area (Å²) in [7, 11) is 0. The van der Waals surface area contributed by atoms with Gasteiger partial charge in [-0.3, -0.25) is 9.36 Å². The maximum Gasteiger partial charge on any atom is 0.254 e.